The van der Waals surface area contributed by atoms with Crippen LogP contribution >= 0.6 is 15.9 Å². The molecule has 1 aliphatic heterocycles. The SMILES string of the molecule is O=c1c2cc(Br)cc3c2[nH]c2c(cc([N+](=O)[O-])cc12)OCCOCCOCCOCCO3. The first kappa shape index (κ1) is 22.5. The van der Waals surface area contributed by atoms with Gasteiger partial charge >= 0.3 is 0 Å². The van der Waals surface area contributed by atoms with E-state index in [-0.39, 0.29) is 42.1 Å². The molecule has 3 aromatic rings. The highest BCUT2D eigenvalue weighted by atomic mass is 79.9. The van der Waals surface area contributed by atoms with Crippen LogP contribution in [0.25, 0.3) is 21.8 Å². The number of pyridine rings is 1. The maximum atomic E-state index is 13.3. The van der Waals surface area contributed by atoms with Gasteiger partial charge in [-0.3, -0.25) is 14.9 Å². The number of nitrogens with one attached hydrogen (secondary N) is 1. The molecule has 2 heterocycles. The molecule has 0 aliphatic carbocycles. The second-order valence-electron chi connectivity index (χ2n) is 6.94. The van der Waals surface area contributed by atoms with Crippen molar-refractivity contribution in [1.29, 1.82) is 0 Å². The Bertz CT molecular complexity index is 1200. The zero-order valence-corrected chi connectivity index (χ0v) is 18.6. The van der Waals surface area contributed by atoms with Crippen molar-refractivity contribution >= 4 is 43.4 Å². The average Bonchev–Trinajstić information content (AvgIpc) is 2.77. The van der Waals surface area contributed by atoms with E-state index in [1.54, 1.807) is 12.1 Å². The van der Waals surface area contributed by atoms with E-state index in [9.17, 15) is 14.9 Å². The quantitative estimate of drug-likeness (QED) is 0.302. The molecule has 2 bridgehead atoms. The van der Waals surface area contributed by atoms with Crippen LogP contribution in [0.5, 0.6) is 11.5 Å². The van der Waals surface area contributed by atoms with E-state index in [2.05, 4.69) is 20.9 Å². The molecule has 0 radical (unpaired) electrons. The number of nitrogens with zero attached hydrogens (tertiary/aromatic N) is 1. The van der Waals surface area contributed by atoms with Gasteiger partial charge in [0.05, 0.1) is 72.4 Å². The Balaban J connectivity index is 1.84. The fourth-order valence-corrected chi connectivity index (χ4v) is 3.80. The van der Waals surface area contributed by atoms with Gasteiger partial charge in [0.25, 0.3) is 5.69 Å². The van der Waals surface area contributed by atoms with E-state index >= 15 is 0 Å². The van der Waals surface area contributed by atoms with Gasteiger partial charge in [0.2, 0.25) is 0 Å². The normalized spacial score (nSPS) is 16.4. The lowest BCUT2D eigenvalue weighted by molar-refractivity contribution is -0.384. The summed E-state index contributed by atoms with van der Waals surface area (Å²) in [6, 6.07) is 5.92. The highest BCUT2D eigenvalue weighted by Gasteiger charge is 2.19. The van der Waals surface area contributed by atoms with Gasteiger partial charge in [0.15, 0.2) is 5.43 Å². The predicted octanol–water partition coefficient (Wildman–Crippen LogP) is 3.17. The van der Waals surface area contributed by atoms with Crippen LogP contribution in [0.1, 0.15) is 0 Å². The number of aromatic nitrogens is 1. The van der Waals surface area contributed by atoms with Crippen LogP contribution in [0.2, 0.25) is 0 Å². The fourth-order valence-electron chi connectivity index (χ4n) is 3.36. The highest BCUT2D eigenvalue weighted by Crippen LogP contribution is 2.33. The summed E-state index contributed by atoms with van der Waals surface area (Å²) >= 11 is 3.40. The lowest BCUT2D eigenvalue weighted by atomic mass is 10.1. The summed E-state index contributed by atoms with van der Waals surface area (Å²) in [5, 5.41) is 11.9. The van der Waals surface area contributed by atoms with Gasteiger partial charge in [-0.05, 0) is 12.1 Å². The molecule has 0 saturated carbocycles. The van der Waals surface area contributed by atoms with Gasteiger partial charge in [0.1, 0.15) is 24.7 Å². The number of hydrogen-bond acceptors (Lipinski definition) is 8. The minimum atomic E-state index is -0.558. The van der Waals surface area contributed by atoms with E-state index in [0.29, 0.717) is 59.7 Å². The summed E-state index contributed by atoms with van der Waals surface area (Å²) in [7, 11) is 0. The Morgan fingerprint density at radius 1 is 0.781 bits per heavy atom. The standard InChI is InChI=1S/C21H21BrN2O8/c22-13-9-15-19-17(10-13)31-7-5-29-3-1-28-2-4-30-6-8-32-18-12-14(24(26)27)11-16(21(15)25)20(18)23-19/h9-12H,1-8H2,(H,23,25). The molecular weight excluding hydrogens is 488 g/mol. The molecule has 10 nitrogen and oxygen atoms in total. The van der Waals surface area contributed by atoms with Crippen LogP contribution in [0, 0.1) is 10.1 Å². The van der Waals surface area contributed by atoms with E-state index < -0.39 is 4.92 Å². The Morgan fingerprint density at radius 3 is 1.84 bits per heavy atom. The molecule has 4 rings (SSSR count). The van der Waals surface area contributed by atoms with E-state index in [0.717, 1.165) is 0 Å². The number of ether oxygens (including phenoxy) is 5. The molecule has 11 heteroatoms. The molecule has 1 N–H and O–H groups in total. The number of nitro groups is 1. The number of aromatic amines is 1. The molecule has 0 amide bonds. The van der Waals surface area contributed by atoms with Crippen molar-refractivity contribution in [3.8, 4) is 11.5 Å². The Kier molecular flexibility index (Phi) is 7.20. The Morgan fingerprint density at radius 2 is 1.28 bits per heavy atom. The minimum absolute atomic E-state index is 0.142. The smallest absolute Gasteiger partial charge is 0.274 e. The van der Waals surface area contributed by atoms with Crippen LogP contribution in [0.4, 0.5) is 5.69 Å². The summed E-state index contributed by atoms with van der Waals surface area (Å²) in [6.45, 7) is 2.64. The first-order valence-electron chi connectivity index (χ1n) is 10.0. The highest BCUT2D eigenvalue weighted by molar-refractivity contribution is 9.10. The van der Waals surface area contributed by atoms with Gasteiger partial charge in [-0.15, -0.1) is 0 Å². The van der Waals surface area contributed by atoms with Crippen molar-refractivity contribution in [2.45, 2.75) is 0 Å². The lowest BCUT2D eigenvalue weighted by Crippen LogP contribution is -2.15. The number of rotatable bonds is 1. The zero-order valence-electron chi connectivity index (χ0n) is 17.1. The molecule has 0 unspecified atom stereocenters. The van der Waals surface area contributed by atoms with Gasteiger partial charge < -0.3 is 28.7 Å². The number of halogens is 1. The predicted molar refractivity (Wildman–Crippen MR) is 120 cm³/mol. The van der Waals surface area contributed by atoms with Gasteiger partial charge in [0, 0.05) is 10.5 Å². The first-order valence-corrected chi connectivity index (χ1v) is 10.8. The molecular formula is C21H21BrN2O8. The Hall–Kier alpha value is -2.73. The summed E-state index contributed by atoms with van der Waals surface area (Å²) in [4.78, 5) is 27.4. The number of H-pyrrole nitrogens is 1. The van der Waals surface area contributed by atoms with Crippen LogP contribution < -0.4 is 14.9 Å². The molecule has 170 valence electrons. The Labute approximate surface area is 190 Å². The summed E-state index contributed by atoms with van der Waals surface area (Å²) in [6.07, 6.45) is 0. The first-order chi connectivity index (χ1) is 15.5. The third-order valence-electron chi connectivity index (χ3n) is 4.82. The molecule has 0 atom stereocenters. The van der Waals surface area contributed by atoms with Crippen LogP contribution in [0.3, 0.4) is 0 Å². The third kappa shape index (κ3) is 5.01. The molecule has 2 aromatic carbocycles. The maximum absolute atomic E-state index is 13.3. The van der Waals surface area contributed by atoms with E-state index in [4.69, 9.17) is 23.7 Å². The van der Waals surface area contributed by atoms with Gasteiger partial charge in [-0.1, -0.05) is 15.9 Å². The molecule has 32 heavy (non-hydrogen) atoms. The average molecular weight is 509 g/mol. The van der Waals surface area contributed by atoms with Crippen LogP contribution in [0.15, 0.2) is 33.5 Å². The second kappa shape index (κ2) is 10.3. The lowest BCUT2D eigenvalue weighted by Gasteiger charge is -2.14. The molecule has 1 aliphatic rings. The summed E-state index contributed by atoms with van der Waals surface area (Å²) < 4.78 is 28.7. The van der Waals surface area contributed by atoms with E-state index in [1.807, 2.05) is 0 Å². The third-order valence-corrected chi connectivity index (χ3v) is 5.28. The number of benzene rings is 2. The van der Waals surface area contributed by atoms with Crippen LogP contribution in [-0.2, 0) is 14.2 Å². The van der Waals surface area contributed by atoms with Gasteiger partial charge in [-0.25, -0.2) is 0 Å². The molecule has 0 saturated heterocycles. The minimum Gasteiger partial charge on any atom is -0.489 e. The second-order valence-corrected chi connectivity index (χ2v) is 7.85. The van der Waals surface area contributed by atoms with Crippen molar-refractivity contribution in [2.75, 3.05) is 52.9 Å². The van der Waals surface area contributed by atoms with E-state index in [1.165, 1.54) is 12.1 Å². The zero-order chi connectivity index (χ0) is 22.5. The number of nitro benzene ring substituents is 1. The monoisotopic (exact) mass is 508 g/mol. The summed E-state index contributed by atoms with van der Waals surface area (Å²) in [5.74, 6) is 0.633. The number of hydrogen-bond donors (Lipinski definition) is 1. The fraction of sp³-hybridized carbons (Fsp3) is 0.381. The molecule has 1 aromatic heterocycles. The van der Waals surface area contributed by atoms with Crippen molar-refractivity contribution in [3.05, 3.63) is 49.1 Å². The van der Waals surface area contributed by atoms with Crippen molar-refractivity contribution in [3.63, 3.8) is 0 Å². The van der Waals surface area contributed by atoms with Crippen LogP contribution in [-0.4, -0.2) is 62.8 Å². The van der Waals surface area contributed by atoms with Crippen molar-refractivity contribution in [2.24, 2.45) is 0 Å². The van der Waals surface area contributed by atoms with Gasteiger partial charge in [-0.2, -0.15) is 0 Å². The molecule has 0 fully saturated rings. The largest absolute Gasteiger partial charge is 0.489 e. The topological polar surface area (TPSA) is 122 Å². The van der Waals surface area contributed by atoms with Crippen molar-refractivity contribution in [1.82, 2.24) is 4.98 Å². The molecule has 0 spiro atoms. The number of non-ortho nitro benzene ring substituents is 1. The summed E-state index contributed by atoms with van der Waals surface area (Å²) in [5.41, 5.74) is 0.205. The maximum Gasteiger partial charge on any atom is 0.274 e. The van der Waals surface area contributed by atoms with Crippen molar-refractivity contribution < 1.29 is 28.6 Å².